The molecule has 1 aliphatic heterocycles. The van der Waals surface area contributed by atoms with Crippen molar-refractivity contribution in [3.63, 3.8) is 0 Å². The second kappa shape index (κ2) is 5.65. The maximum absolute atomic E-state index is 12.2. The number of amides is 1. The Kier molecular flexibility index (Phi) is 3.96. The fourth-order valence-corrected chi connectivity index (χ4v) is 2.30. The predicted molar refractivity (Wildman–Crippen MR) is 68.6 cm³/mol. The second-order valence-electron chi connectivity index (χ2n) is 4.49. The molecule has 1 heterocycles. The molecule has 2 atom stereocenters. The van der Waals surface area contributed by atoms with Crippen molar-refractivity contribution < 1.29 is 4.79 Å². The minimum Gasteiger partial charge on any atom is -0.333 e. The quantitative estimate of drug-likeness (QED) is 0.874. The summed E-state index contributed by atoms with van der Waals surface area (Å²) >= 11 is 0. The van der Waals surface area contributed by atoms with E-state index in [9.17, 15) is 4.79 Å². The first-order chi connectivity index (χ1) is 8.74. The van der Waals surface area contributed by atoms with E-state index in [0.717, 1.165) is 12.1 Å². The molecule has 4 nitrogen and oxygen atoms in total. The van der Waals surface area contributed by atoms with Gasteiger partial charge in [0.25, 0.3) is 0 Å². The molecule has 18 heavy (non-hydrogen) atoms. The number of hydrogen-bond acceptors (Lipinski definition) is 3. The standard InChI is InChI=1S/C14H17N3O/c1-11(12-5-3-2-4-6-12)17-10-9-16-13(7-8-15)14(17)18/h2-6,11,13,16H,7,9-10H2,1H3. The van der Waals surface area contributed by atoms with Gasteiger partial charge in [-0.15, -0.1) is 0 Å². The molecule has 1 aliphatic rings. The summed E-state index contributed by atoms with van der Waals surface area (Å²) in [5.74, 6) is 0.0270. The molecular weight excluding hydrogens is 226 g/mol. The Bertz CT molecular complexity index is 452. The van der Waals surface area contributed by atoms with Gasteiger partial charge in [0.1, 0.15) is 6.04 Å². The molecule has 1 N–H and O–H groups in total. The lowest BCUT2D eigenvalue weighted by Gasteiger charge is -2.36. The van der Waals surface area contributed by atoms with Crippen molar-refractivity contribution in [1.82, 2.24) is 10.2 Å². The average molecular weight is 243 g/mol. The van der Waals surface area contributed by atoms with Gasteiger partial charge in [0.15, 0.2) is 0 Å². The van der Waals surface area contributed by atoms with E-state index in [1.807, 2.05) is 42.2 Å². The first kappa shape index (κ1) is 12.6. The normalized spacial score (nSPS) is 21.4. The second-order valence-corrected chi connectivity index (χ2v) is 4.49. The van der Waals surface area contributed by atoms with E-state index >= 15 is 0 Å². The van der Waals surface area contributed by atoms with E-state index in [1.54, 1.807) is 0 Å². The Labute approximate surface area is 107 Å². The predicted octanol–water partition coefficient (Wildman–Crippen LogP) is 1.46. The molecule has 1 saturated heterocycles. The van der Waals surface area contributed by atoms with Crippen molar-refractivity contribution in [3.8, 4) is 6.07 Å². The maximum atomic E-state index is 12.2. The topological polar surface area (TPSA) is 56.1 Å². The van der Waals surface area contributed by atoms with Gasteiger partial charge in [0.2, 0.25) is 5.91 Å². The van der Waals surface area contributed by atoms with Crippen molar-refractivity contribution in [1.29, 1.82) is 5.26 Å². The molecule has 0 aliphatic carbocycles. The van der Waals surface area contributed by atoms with Crippen LogP contribution in [-0.4, -0.2) is 29.9 Å². The summed E-state index contributed by atoms with van der Waals surface area (Å²) in [6, 6.07) is 11.7. The highest BCUT2D eigenvalue weighted by molar-refractivity contribution is 5.83. The van der Waals surface area contributed by atoms with E-state index in [4.69, 9.17) is 5.26 Å². The van der Waals surface area contributed by atoms with Crippen LogP contribution in [-0.2, 0) is 4.79 Å². The van der Waals surface area contributed by atoms with Crippen LogP contribution >= 0.6 is 0 Å². The van der Waals surface area contributed by atoms with Crippen LogP contribution in [0.15, 0.2) is 30.3 Å². The average Bonchev–Trinajstić information content (AvgIpc) is 2.42. The van der Waals surface area contributed by atoms with Crippen LogP contribution in [0.5, 0.6) is 0 Å². The summed E-state index contributed by atoms with van der Waals surface area (Å²) in [5, 5.41) is 11.8. The Balaban J connectivity index is 2.13. The van der Waals surface area contributed by atoms with Crippen LogP contribution in [0.3, 0.4) is 0 Å². The molecule has 2 rings (SSSR count). The van der Waals surface area contributed by atoms with Gasteiger partial charge in [-0.2, -0.15) is 5.26 Å². The third kappa shape index (κ3) is 2.52. The van der Waals surface area contributed by atoms with Gasteiger partial charge < -0.3 is 10.2 Å². The zero-order chi connectivity index (χ0) is 13.0. The Morgan fingerprint density at radius 3 is 2.89 bits per heavy atom. The first-order valence-corrected chi connectivity index (χ1v) is 6.20. The molecule has 1 amide bonds. The van der Waals surface area contributed by atoms with E-state index < -0.39 is 0 Å². The number of piperazine rings is 1. The Morgan fingerprint density at radius 1 is 1.50 bits per heavy atom. The van der Waals surface area contributed by atoms with Gasteiger partial charge in [0.05, 0.1) is 18.5 Å². The highest BCUT2D eigenvalue weighted by atomic mass is 16.2. The largest absolute Gasteiger partial charge is 0.333 e. The lowest BCUT2D eigenvalue weighted by molar-refractivity contribution is -0.137. The third-order valence-electron chi connectivity index (χ3n) is 3.37. The van der Waals surface area contributed by atoms with Crippen LogP contribution in [0, 0.1) is 11.3 Å². The molecule has 0 spiro atoms. The number of nitrogens with zero attached hydrogens (tertiary/aromatic N) is 2. The van der Waals surface area contributed by atoms with Crippen molar-refractivity contribution in [2.45, 2.75) is 25.4 Å². The summed E-state index contributed by atoms with van der Waals surface area (Å²) in [6.07, 6.45) is 0.233. The lowest BCUT2D eigenvalue weighted by atomic mass is 10.0. The number of carbonyl (C=O) groups excluding carboxylic acids is 1. The van der Waals surface area contributed by atoms with E-state index in [2.05, 4.69) is 11.4 Å². The van der Waals surface area contributed by atoms with Gasteiger partial charge in [-0.3, -0.25) is 4.79 Å². The summed E-state index contributed by atoms with van der Waals surface area (Å²) in [6.45, 7) is 3.47. The van der Waals surface area contributed by atoms with Gasteiger partial charge in [-0.25, -0.2) is 0 Å². The Morgan fingerprint density at radius 2 is 2.22 bits per heavy atom. The number of hydrogen-bond donors (Lipinski definition) is 1. The zero-order valence-corrected chi connectivity index (χ0v) is 10.5. The van der Waals surface area contributed by atoms with Crippen LogP contribution < -0.4 is 5.32 Å². The monoisotopic (exact) mass is 243 g/mol. The lowest BCUT2D eigenvalue weighted by Crippen LogP contribution is -2.55. The van der Waals surface area contributed by atoms with Gasteiger partial charge in [-0.05, 0) is 12.5 Å². The van der Waals surface area contributed by atoms with Gasteiger partial charge >= 0.3 is 0 Å². The molecule has 0 aromatic heterocycles. The molecule has 1 fully saturated rings. The van der Waals surface area contributed by atoms with E-state index in [0.29, 0.717) is 6.54 Å². The SMILES string of the molecule is CC(c1ccccc1)N1CCNC(CC#N)C1=O. The number of benzene rings is 1. The van der Waals surface area contributed by atoms with Crippen molar-refractivity contribution in [3.05, 3.63) is 35.9 Å². The van der Waals surface area contributed by atoms with E-state index in [1.165, 1.54) is 0 Å². The minimum absolute atomic E-state index is 0.0270. The maximum Gasteiger partial charge on any atom is 0.241 e. The molecule has 0 bridgehead atoms. The van der Waals surface area contributed by atoms with Gasteiger partial charge in [0, 0.05) is 13.1 Å². The molecule has 4 heteroatoms. The van der Waals surface area contributed by atoms with Crippen molar-refractivity contribution >= 4 is 5.91 Å². The van der Waals surface area contributed by atoms with Crippen LogP contribution in [0.2, 0.25) is 0 Å². The van der Waals surface area contributed by atoms with Crippen LogP contribution in [0.1, 0.15) is 24.9 Å². The summed E-state index contributed by atoms with van der Waals surface area (Å²) in [4.78, 5) is 14.1. The number of nitrogens with one attached hydrogen (secondary N) is 1. The highest BCUT2D eigenvalue weighted by Crippen LogP contribution is 2.22. The molecular formula is C14H17N3O. The van der Waals surface area contributed by atoms with E-state index in [-0.39, 0.29) is 24.4 Å². The first-order valence-electron chi connectivity index (χ1n) is 6.20. The summed E-state index contributed by atoms with van der Waals surface area (Å²) in [7, 11) is 0. The molecule has 1 aromatic carbocycles. The van der Waals surface area contributed by atoms with Crippen molar-refractivity contribution in [2.24, 2.45) is 0 Å². The minimum atomic E-state index is -0.352. The van der Waals surface area contributed by atoms with Gasteiger partial charge in [-0.1, -0.05) is 30.3 Å². The van der Waals surface area contributed by atoms with Crippen LogP contribution in [0.25, 0.3) is 0 Å². The summed E-state index contributed by atoms with van der Waals surface area (Å²) < 4.78 is 0. The highest BCUT2D eigenvalue weighted by Gasteiger charge is 2.31. The molecule has 0 radical (unpaired) electrons. The smallest absolute Gasteiger partial charge is 0.241 e. The molecule has 0 saturated carbocycles. The van der Waals surface area contributed by atoms with Crippen molar-refractivity contribution in [2.75, 3.05) is 13.1 Å². The summed E-state index contributed by atoms with van der Waals surface area (Å²) in [5.41, 5.74) is 1.13. The Hall–Kier alpha value is -1.86. The number of nitriles is 1. The fourth-order valence-electron chi connectivity index (χ4n) is 2.30. The fraction of sp³-hybridized carbons (Fsp3) is 0.429. The third-order valence-corrected chi connectivity index (χ3v) is 3.37. The molecule has 1 aromatic rings. The molecule has 2 unspecified atom stereocenters. The number of rotatable bonds is 3. The molecule has 94 valence electrons. The number of carbonyl (C=O) groups is 1. The van der Waals surface area contributed by atoms with Crippen LogP contribution in [0.4, 0.5) is 0 Å². The zero-order valence-electron chi connectivity index (χ0n) is 10.5.